The molecule has 2 rings (SSSR count). The van der Waals surface area contributed by atoms with E-state index in [0.29, 0.717) is 11.6 Å². The molecule has 0 radical (unpaired) electrons. The summed E-state index contributed by atoms with van der Waals surface area (Å²) in [5, 5.41) is 3.40. The lowest BCUT2D eigenvalue weighted by Gasteiger charge is -2.23. The SMILES string of the molecule is Cc1cc(SCC2COCCN2)ccc1F. The van der Waals surface area contributed by atoms with Crippen LogP contribution in [0, 0.1) is 12.7 Å². The number of ether oxygens (including phenoxy) is 1. The molecule has 1 aromatic carbocycles. The molecular weight excluding hydrogens is 225 g/mol. The highest BCUT2D eigenvalue weighted by atomic mass is 32.2. The first-order chi connectivity index (χ1) is 7.75. The Balaban J connectivity index is 1.86. The van der Waals surface area contributed by atoms with Crippen LogP contribution in [-0.4, -0.2) is 31.6 Å². The molecular formula is C12H16FNOS. The summed E-state index contributed by atoms with van der Waals surface area (Å²) in [5.74, 6) is 0.828. The monoisotopic (exact) mass is 241 g/mol. The molecule has 1 aromatic rings. The highest BCUT2D eigenvalue weighted by molar-refractivity contribution is 7.99. The summed E-state index contributed by atoms with van der Waals surface area (Å²) in [4.78, 5) is 1.12. The minimum Gasteiger partial charge on any atom is -0.378 e. The number of rotatable bonds is 3. The Hall–Kier alpha value is -0.580. The van der Waals surface area contributed by atoms with Crippen molar-refractivity contribution in [3.63, 3.8) is 0 Å². The third kappa shape index (κ3) is 3.20. The molecule has 1 aliphatic rings. The molecule has 1 unspecified atom stereocenters. The zero-order valence-electron chi connectivity index (χ0n) is 9.33. The number of aryl methyl sites for hydroxylation is 1. The Morgan fingerprint density at radius 3 is 3.12 bits per heavy atom. The molecule has 1 atom stereocenters. The van der Waals surface area contributed by atoms with Crippen molar-refractivity contribution in [3.05, 3.63) is 29.6 Å². The van der Waals surface area contributed by atoms with Crippen LogP contribution in [0.1, 0.15) is 5.56 Å². The van der Waals surface area contributed by atoms with Crippen molar-refractivity contribution in [2.75, 3.05) is 25.5 Å². The predicted octanol–water partition coefficient (Wildman–Crippen LogP) is 2.21. The molecule has 88 valence electrons. The van der Waals surface area contributed by atoms with Crippen LogP contribution in [-0.2, 0) is 4.74 Å². The van der Waals surface area contributed by atoms with Gasteiger partial charge in [0.05, 0.1) is 13.2 Å². The smallest absolute Gasteiger partial charge is 0.126 e. The third-order valence-corrected chi connectivity index (χ3v) is 3.74. The number of hydrogen-bond acceptors (Lipinski definition) is 3. The van der Waals surface area contributed by atoms with Crippen LogP contribution in [0.5, 0.6) is 0 Å². The first-order valence-corrected chi connectivity index (χ1v) is 6.44. The van der Waals surface area contributed by atoms with Gasteiger partial charge in [0.1, 0.15) is 5.82 Å². The van der Waals surface area contributed by atoms with Crippen LogP contribution in [0.3, 0.4) is 0 Å². The molecule has 4 heteroatoms. The summed E-state index contributed by atoms with van der Waals surface area (Å²) >= 11 is 1.74. The lowest BCUT2D eigenvalue weighted by Crippen LogP contribution is -2.42. The molecule has 0 spiro atoms. The number of morpholine rings is 1. The lowest BCUT2D eigenvalue weighted by atomic mass is 10.2. The quantitative estimate of drug-likeness (QED) is 0.820. The Kier molecular flexibility index (Phi) is 4.21. The van der Waals surface area contributed by atoms with Gasteiger partial charge in [-0.2, -0.15) is 0 Å². The Morgan fingerprint density at radius 2 is 2.44 bits per heavy atom. The fourth-order valence-electron chi connectivity index (χ4n) is 1.63. The van der Waals surface area contributed by atoms with Crippen molar-refractivity contribution >= 4 is 11.8 Å². The maximum Gasteiger partial charge on any atom is 0.126 e. The van der Waals surface area contributed by atoms with Crippen LogP contribution in [0.4, 0.5) is 4.39 Å². The second-order valence-electron chi connectivity index (χ2n) is 3.95. The van der Waals surface area contributed by atoms with E-state index in [1.54, 1.807) is 18.7 Å². The van der Waals surface area contributed by atoms with Gasteiger partial charge >= 0.3 is 0 Å². The summed E-state index contributed by atoms with van der Waals surface area (Å²) in [5.41, 5.74) is 0.706. The van der Waals surface area contributed by atoms with Crippen molar-refractivity contribution in [2.24, 2.45) is 0 Å². The van der Waals surface area contributed by atoms with Gasteiger partial charge in [0.25, 0.3) is 0 Å². The van der Waals surface area contributed by atoms with Gasteiger partial charge in [-0.3, -0.25) is 0 Å². The largest absolute Gasteiger partial charge is 0.378 e. The van der Waals surface area contributed by atoms with E-state index in [4.69, 9.17) is 4.74 Å². The average molecular weight is 241 g/mol. The molecule has 1 heterocycles. The minimum absolute atomic E-state index is 0.136. The summed E-state index contributed by atoms with van der Waals surface area (Å²) in [6, 6.07) is 5.66. The van der Waals surface area contributed by atoms with E-state index in [1.165, 1.54) is 6.07 Å². The van der Waals surface area contributed by atoms with Gasteiger partial charge in [-0.05, 0) is 30.7 Å². The third-order valence-electron chi connectivity index (χ3n) is 2.58. The summed E-state index contributed by atoms with van der Waals surface area (Å²) in [6.45, 7) is 4.29. The molecule has 2 nitrogen and oxygen atoms in total. The first-order valence-electron chi connectivity index (χ1n) is 5.46. The number of thioether (sulfide) groups is 1. The number of benzene rings is 1. The van der Waals surface area contributed by atoms with Crippen molar-refractivity contribution in [2.45, 2.75) is 17.9 Å². The standard InChI is InChI=1S/C12H16FNOS/c1-9-6-11(2-3-12(9)13)16-8-10-7-15-5-4-14-10/h2-3,6,10,14H,4-5,7-8H2,1H3. The van der Waals surface area contributed by atoms with Crippen LogP contribution >= 0.6 is 11.8 Å². The molecule has 0 aromatic heterocycles. The number of nitrogens with one attached hydrogen (secondary N) is 1. The lowest BCUT2D eigenvalue weighted by molar-refractivity contribution is 0.0837. The minimum atomic E-state index is -0.136. The van der Waals surface area contributed by atoms with E-state index in [-0.39, 0.29) is 5.82 Å². The summed E-state index contributed by atoms with van der Waals surface area (Å²) in [6.07, 6.45) is 0. The second-order valence-corrected chi connectivity index (χ2v) is 5.04. The second kappa shape index (κ2) is 5.66. The van der Waals surface area contributed by atoms with Gasteiger partial charge in [0.2, 0.25) is 0 Å². The Morgan fingerprint density at radius 1 is 1.56 bits per heavy atom. The van der Waals surface area contributed by atoms with Crippen molar-refractivity contribution < 1.29 is 9.13 Å². The van der Waals surface area contributed by atoms with E-state index in [0.717, 1.165) is 30.4 Å². The molecule has 0 amide bonds. The average Bonchev–Trinajstić information content (AvgIpc) is 2.32. The van der Waals surface area contributed by atoms with Gasteiger partial charge in [-0.1, -0.05) is 0 Å². The fraction of sp³-hybridized carbons (Fsp3) is 0.500. The molecule has 0 saturated carbocycles. The maximum atomic E-state index is 13.1. The topological polar surface area (TPSA) is 21.3 Å². The molecule has 0 bridgehead atoms. The van der Waals surface area contributed by atoms with Gasteiger partial charge in [0, 0.05) is 23.2 Å². The highest BCUT2D eigenvalue weighted by Gasteiger charge is 2.13. The predicted molar refractivity (Wildman–Crippen MR) is 64.5 cm³/mol. The number of hydrogen-bond donors (Lipinski definition) is 1. The molecule has 1 fully saturated rings. The van der Waals surface area contributed by atoms with Crippen molar-refractivity contribution in [3.8, 4) is 0 Å². The van der Waals surface area contributed by atoms with Crippen LogP contribution in [0.2, 0.25) is 0 Å². The summed E-state index contributed by atoms with van der Waals surface area (Å²) in [7, 11) is 0. The van der Waals surface area contributed by atoms with Gasteiger partial charge < -0.3 is 10.1 Å². The molecule has 0 aliphatic carbocycles. The molecule has 16 heavy (non-hydrogen) atoms. The van der Waals surface area contributed by atoms with Crippen LogP contribution in [0.15, 0.2) is 23.1 Å². The van der Waals surface area contributed by atoms with Gasteiger partial charge in [-0.15, -0.1) is 11.8 Å². The normalized spacial score (nSPS) is 21.0. The van der Waals surface area contributed by atoms with E-state index in [2.05, 4.69) is 5.32 Å². The van der Waals surface area contributed by atoms with Crippen LogP contribution in [0.25, 0.3) is 0 Å². The molecule has 1 N–H and O–H groups in total. The van der Waals surface area contributed by atoms with E-state index < -0.39 is 0 Å². The maximum absolute atomic E-state index is 13.1. The zero-order valence-corrected chi connectivity index (χ0v) is 10.1. The zero-order chi connectivity index (χ0) is 11.4. The first kappa shape index (κ1) is 11.9. The fourth-order valence-corrected chi connectivity index (χ4v) is 2.66. The van der Waals surface area contributed by atoms with Crippen molar-refractivity contribution in [1.29, 1.82) is 0 Å². The Bertz CT molecular complexity index is 353. The van der Waals surface area contributed by atoms with E-state index in [1.807, 2.05) is 12.1 Å². The van der Waals surface area contributed by atoms with Crippen LogP contribution < -0.4 is 5.32 Å². The Labute approximate surface area is 99.6 Å². The molecule has 1 saturated heterocycles. The number of halogens is 1. The van der Waals surface area contributed by atoms with Gasteiger partial charge in [0.15, 0.2) is 0 Å². The molecule has 1 aliphatic heterocycles. The summed E-state index contributed by atoms with van der Waals surface area (Å²) < 4.78 is 18.4. The van der Waals surface area contributed by atoms with Crippen molar-refractivity contribution in [1.82, 2.24) is 5.32 Å². The van der Waals surface area contributed by atoms with E-state index in [9.17, 15) is 4.39 Å². The highest BCUT2D eigenvalue weighted by Crippen LogP contribution is 2.21. The van der Waals surface area contributed by atoms with Gasteiger partial charge in [-0.25, -0.2) is 4.39 Å². The van der Waals surface area contributed by atoms with E-state index >= 15 is 0 Å².